The maximum Gasteiger partial charge on any atom is 0.181 e. The minimum atomic E-state index is 0.0575. The summed E-state index contributed by atoms with van der Waals surface area (Å²) in [7, 11) is 0. The Morgan fingerprint density at radius 3 is 2.80 bits per heavy atom. The van der Waals surface area contributed by atoms with Crippen molar-refractivity contribution >= 4 is 0 Å². The number of fused-ring (bicyclic) bond motifs is 1. The summed E-state index contributed by atoms with van der Waals surface area (Å²) in [5.74, 6) is 0.844. The molecule has 4 nitrogen and oxygen atoms in total. The lowest BCUT2D eigenvalue weighted by Crippen LogP contribution is -2.35. The minimum absolute atomic E-state index is 0.0575. The van der Waals surface area contributed by atoms with Gasteiger partial charge in [0.1, 0.15) is 5.69 Å². The van der Waals surface area contributed by atoms with E-state index < -0.39 is 0 Å². The van der Waals surface area contributed by atoms with Gasteiger partial charge in [-0.25, -0.2) is 4.98 Å². The van der Waals surface area contributed by atoms with E-state index in [-0.39, 0.29) is 5.54 Å². The third-order valence-electron chi connectivity index (χ3n) is 3.41. The molecule has 1 aliphatic rings. The summed E-state index contributed by atoms with van der Waals surface area (Å²) < 4.78 is 11.0. The molecular formula is C16H20N2O2. The molecule has 0 bridgehead atoms. The maximum atomic E-state index is 5.58. The highest BCUT2D eigenvalue weighted by Gasteiger charge is 2.17. The van der Waals surface area contributed by atoms with Crippen molar-refractivity contribution in [1.29, 1.82) is 0 Å². The van der Waals surface area contributed by atoms with Crippen LogP contribution >= 0.6 is 0 Å². The van der Waals surface area contributed by atoms with Crippen molar-refractivity contribution in [3.05, 3.63) is 41.4 Å². The lowest BCUT2D eigenvalue weighted by molar-refractivity contribution is 0.134. The van der Waals surface area contributed by atoms with E-state index in [9.17, 15) is 0 Å². The second kappa shape index (κ2) is 5.04. The van der Waals surface area contributed by atoms with E-state index in [2.05, 4.69) is 49.3 Å². The standard InChI is InChI=1S/C16H20N2O2/c1-16(2,3)18-7-14-15(20-10-17-14)11-4-5-12-8-19-9-13(12)6-11/h4-6,10,18H,7-9H2,1-3H3. The minimum Gasteiger partial charge on any atom is -0.443 e. The first-order valence-electron chi connectivity index (χ1n) is 6.90. The van der Waals surface area contributed by atoms with E-state index in [1.54, 1.807) is 0 Å². The summed E-state index contributed by atoms with van der Waals surface area (Å²) in [4.78, 5) is 4.33. The first-order valence-corrected chi connectivity index (χ1v) is 6.90. The zero-order chi connectivity index (χ0) is 14.2. The van der Waals surface area contributed by atoms with Gasteiger partial charge in [0.2, 0.25) is 0 Å². The number of aromatic nitrogens is 1. The number of nitrogens with zero attached hydrogens (tertiary/aromatic N) is 1. The van der Waals surface area contributed by atoms with Gasteiger partial charge < -0.3 is 14.5 Å². The topological polar surface area (TPSA) is 47.3 Å². The van der Waals surface area contributed by atoms with Crippen molar-refractivity contribution in [2.75, 3.05) is 0 Å². The molecule has 1 aromatic heterocycles. The summed E-state index contributed by atoms with van der Waals surface area (Å²) in [6.07, 6.45) is 1.51. The third-order valence-corrected chi connectivity index (χ3v) is 3.41. The van der Waals surface area contributed by atoms with Crippen molar-refractivity contribution in [1.82, 2.24) is 10.3 Å². The summed E-state index contributed by atoms with van der Waals surface area (Å²) in [5.41, 5.74) is 4.58. The molecule has 106 valence electrons. The molecule has 3 rings (SSSR count). The van der Waals surface area contributed by atoms with Crippen LogP contribution in [0.15, 0.2) is 29.0 Å². The van der Waals surface area contributed by atoms with Crippen molar-refractivity contribution in [2.45, 2.75) is 46.1 Å². The average molecular weight is 272 g/mol. The average Bonchev–Trinajstić information content (AvgIpc) is 3.03. The number of oxazole rings is 1. The van der Waals surface area contributed by atoms with Crippen LogP contribution in [-0.2, 0) is 24.5 Å². The SMILES string of the molecule is CC(C)(C)NCc1ncoc1-c1ccc2c(c1)COC2. The van der Waals surface area contributed by atoms with Gasteiger partial charge in [-0.1, -0.05) is 12.1 Å². The van der Waals surface area contributed by atoms with E-state index in [1.165, 1.54) is 17.5 Å². The van der Waals surface area contributed by atoms with Gasteiger partial charge >= 0.3 is 0 Å². The normalized spacial score (nSPS) is 14.6. The quantitative estimate of drug-likeness (QED) is 0.931. The first kappa shape index (κ1) is 13.3. The van der Waals surface area contributed by atoms with E-state index in [0.29, 0.717) is 19.8 Å². The van der Waals surface area contributed by atoms with Gasteiger partial charge in [0.25, 0.3) is 0 Å². The van der Waals surface area contributed by atoms with Gasteiger partial charge in [0.05, 0.1) is 13.2 Å². The Morgan fingerprint density at radius 2 is 2.00 bits per heavy atom. The Hall–Kier alpha value is -1.65. The molecule has 4 heteroatoms. The fourth-order valence-electron chi connectivity index (χ4n) is 2.29. The Labute approximate surface area is 119 Å². The smallest absolute Gasteiger partial charge is 0.181 e. The van der Waals surface area contributed by atoms with Gasteiger partial charge in [-0.15, -0.1) is 0 Å². The van der Waals surface area contributed by atoms with Crippen LogP contribution in [0.1, 0.15) is 37.6 Å². The monoisotopic (exact) mass is 272 g/mol. The fraction of sp³-hybridized carbons (Fsp3) is 0.438. The van der Waals surface area contributed by atoms with Crippen molar-refractivity contribution in [3.8, 4) is 11.3 Å². The Kier molecular flexibility index (Phi) is 3.36. The van der Waals surface area contributed by atoms with E-state index in [4.69, 9.17) is 9.15 Å². The van der Waals surface area contributed by atoms with Crippen molar-refractivity contribution < 1.29 is 9.15 Å². The number of nitrogens with one attached hydrogen (secondary N) is 1. The Balaban J connectivity index is 1.86. The molecule has 1 aliphatic heterocycles. The highest BCUT2D eigenvalue weighted by atomic mass is 16.5. The second-order valence-electron chi connectivity index (χ2n) is 6.21. The predicted octanol–water partition coefficient (Wildman–Crippen LogP) is 3.26. The summed E-state index contributed by atoms with van der Waals surface area (Å²) in [6, 6.07) is 6.33. The van der Waals surface area contributed by atoms with Gasteiger partial charge in [0.15, 0.2) is 12.2 Å². The number of rotatable bonds is 3. The molecule has 0 aliphatic carbocycles. The maximum absolute atomic E-state index is 5.58. The molecule has 0 saturated heterocycles. The lowest BCUT2D eigenvalue weighted by Gasteiger charge is -2.19. The lowest BCUT2D eigenvalue weighted by atomic mass is 10.0. The molecule has 1 aromatic carbocycles. The van der Waals surface area contributed by atoms with Crippen LogP contribution < -0.4 is 5.32 Å². The molecule has 20 heavy (non-hydrogen) atoms. The van der Waals surface area contributed by atoms with Crippen molar-refractivity contribution in [3.63, 3.8) is 0 Å². The van der Waals surface area contributed by atoms with Crippen LogP contribution in [0.3, 0.4) is 0 Å². The summed E-state index contributed by atoms with van der Waals surface area (Å²) in [6.45, 7) is 8.51. The van der Waals surface area contributed by atoms with Crippen LogP contribution in [0, 0.1) is 0 Å². The predicted molar refractivity (Wildman–Crippen MR) is 77.0 cm³/mol. The van der Waals surface area contributed by atoms with Crippen LogP contribution in [0.25, 0.3) is 11.3 Å². The molecule has 0 amide bonds. The molecule has 2 heterocycles. The van der Waals surface area contributed by atoms with E-state index in [1.807, 2.05) is 0 Å². The van der Waals surface area contributed by atoms with Gasteiger partial charge in [-0.05, 0) is 38.0 Å². The van der Waals surface area contributed by atoms with Crippen LogP contribution in [0.5, 0.6) is 0 Å². The molecule has 0 saturated carbocycles. The first-order chi connectivity index (χ1) is 9.53. The van der Waals surface area contributed by atoms with Crippen LogP contribution in [-0.4, -0.2) is 10.5 Å². The molecule has 1 N–H and O–H groups in total. The molecule has 0 fully saturated rings. The molecule has 0 atom stereocenters. The highest BCUT2D eigenvalue weighted by molar-refractivity contribution is 5.61. The van der Waals surface area contributed by atoms with Crippen LogP contribution in [0.4, 0.5) is 0 Å². The fourth-order valence-corrected chi connectivity index (χ4v) is 2.29. The van der Waals surface area contributed by atoms with E-state index >= 15 is 0 Å². The molecular weight excluding hydrogens is 252 g/mol. The van der Waals surface area contributed by atoms with Gasteiger partial charge in [0, 0.05) is 17.6 Å². The largest absolute Gasteiger partial charge is 0.443 e. The van der Waals surface area contributed by atoms with Crippen LogP contribution in [0.2, 0.25) is 0 Å². The molecule has 0 radical (unpaired) electrons. The van der Waals surface area contributed by atoms with Gasteiger partial charge in [-0.2, -0.15) is 0 Å². The third kappa shape index (κ3) is 2.76. The van der Waals surface area contributed by atoms with E-state index in [0.717, 1.165) is 17.0 Å². The zero-order valence-corrected chi connectivity index (χ0v) is 12.2. The number of hydrogen-bond donors (Lipinski definition) is 1. The van der Waals surface area contributed by atoms with Crippen molar-refractivity contribution in [2.24, 2.45) is 0 Å². The zero-order valence-electron chi connectivity index (χ0n) is 12.2. The summed E-state index contributed by atoms with van der Waals surface area (Å²) >= 11 is 0. The summed E-state index contributed by atoms with van der Waals surface area (Å²) in [5, 5.41) is 3.44. The number of hydrogen-bond acceptors (Lipinski definition) is 4. The Morgan fingerprint density at radius 1 is 1.20 bits per heavy atom. The molecule has 0 unspecified atom stereocenters. The molecule has 2 aromatic rings. The highest BCUT2D eigenvalue weighted by Crippen LogP contribution is 2.29. The van der Waals surface area contributed by atoms with Gasteiger partial charge in [-0.3, -0.25) is 0 Å². The second-order valence-corrected chi connectivity index (χ2v) is 6.21. The molecule has 0 spiro atoms. The Bertz CT molecular complexity index is 611. The number of ether oxygens (including phenoxy) is 1. The number of benzene rings is 1.